The fourth-order valence-electron chi connectivity index (χ4n) is 1.73. The average molecular weight is 218 g/mol. The zero-order chi connectivity index (χ0) is 10.6. The van der Waals surface area contributed by atoms with Crippen LogP contribution in [-0.2, 0) is 9.53 Å². The lowest BCUT2D eigenvalue weighted by atomic mass is 10.3. The predicted octanol–water partition coefficient (Wildman–Crippen LogP) is 1.58. The van der Waals surface area contributed by atoms with Gasteiger partial charge in [0.05, 0.1) is 19.6 Å². The molecule has 1 fully saturated rings. The van der Waals surface area contributed by atoms with Gasteiger partial charge in [0.2, 0.25) is 0 Å². The maximum Gasteiger partial charge on any atom is 0.306 e. The average Bonchev–Trinajstić information content (AvgIpc) is 2.51. The third-order valence-electron chi connectivity index (χ3n) is 2.51. The molecule has 3 nitrogen and oxygen atoms in total. The van der Waals surface area contributed by atoms with Crippen LogP contribution in [0.2, 0.25) is 0 Å². The monoisotopic (exact) mass is 218 g/mol. The summed E-state index contributed by atoms with van der Waals surface area (Å²) in [6, 6.07) is 0. The number of hydrogen-bond donors (Lipinski definition) is 1. The van der Waals surface area contributed by atoms with E-state index in [2.05, 4.69) is 4.74 Å². The highest BCUT2D eigenvalue weighted by atomic mass is 32.2. The first-order valence-corrected chi connectivity index (χ1v) is 5.98. The molecular formula is C10H18O3S. The second-order valence-electron chi connectivity index (χ2n) is 3.76. The summed E-state index contributed by atoms with van der Waals surface area (Å²) >= 11 is 1.71. The summed E-state index contributed by atoms with van der Waals surface area (Å²) in [7, 11) is 1.41. The van der Waals surface area contributed by atoms with E-state index in [0.29, 0.717) is 11.7 Å². The molecule has 0 aromatic carbocycles. The van der Waals surface area contributed by atoms with Crippen LogP contribution < -0.4 is 0 Å². The van der Waals surface area contributed by atoms with Gasteiger partial charge in [-0.3, -0.25) is 4.79 Å². The minimum absolute atomic E-state index is 0.169. The fourth-order valence-corrected chi connectivity index (χ4v) is 3.18. The van der Waals surface area contributed by atoms with Crippen LogP contribution in [0.3, 0.4) is 0 Å². The minimum atomic E-state index is -0.180. The maximum absolute atomic E-state index is 11.0. The third-order valence-corrected chi connectivity index (χ3v) is 4.04. The molecule has 14 heavy (non-hydrogen) atoms. The Morgan fingerprint density at radius 1 is 1.64 bits per heavy atom. The molecule has 1 aliphatic rings. The fraction of sp³-hybridized carbons (Fsp3) is 0.900. The van der Waals surface area contributed by atoms with Gasteiger partial charge in [-0.1, -0.05) is 6.92 Å². The Labute approximate surface area is 89.2 Å². The number of carbonyl (C=O) groups is 1. The van der Waals surface area contributed by atoms with Crippen LogP contribution in [0.15, 0.2) is 0 Å². The van der Waals surface area contributed by atoms with Gasteiger partial charge in [-0.25, -0.2) is 0 Å². The van der Waals surface area contributed by atoms with E-state index in [-0.39, 0.29) is 17.3 Å². The zero-order valence-electron chi connectivity index (χ0n) is 8.73. The van der Waals surface area contributed by atoms with Crippen molar-refractivity contribution >= 4 is 17.7 Å². The van der Waals surface area contributed by atoms with E-state index >= 15 is 0 Å². The standard InChI is InChI=1S/C10H18O3S/c1-7(6-10(12)13-2)14-9-5-3-4-8(9)11/h7-9,11H,3-6H2,1-2H3. The Bertz CT molecular complexity index is 196. The Hall–Kier alpha value is -0.220. The molecule has 0 aliphatic heterocycles. The lowest BCUT2D eigenvalue weighted by molar-refractivity contribution is -0.140. The largest absolute Gasteiger partial charge is 0.469 e. The molecule has 1 saturated carbocycles. The van der Waals surface area contributed by atoms with Crippen LogP contribution in [-0.4, -0.2) is 34.8 Å². The van der Waals surface area contributed by atoms with Gasteiger partial charge in [0, 0.05) is 10.5 Å². The van der Waals surface area contributed by atoms with Gasteiger partial charge in [-0.05, 0) is 19.3 Å². The van der Waals surface area contributed by atoms with Crippen molar-refractivity contribution in [2.45, 2.75) is 49.2 Å². The first-order valence-electron chi connectivity index (χ1n) is 5.04. The number of methoxy groups -OCH3 is 1. The highest BCUT2D eigenvalue weighted by Gasteiger charge is 2.27. The smallest absolute Gasteiger partial charge is 0.306 e. The third kappa shape index (κ3) is 3.50. The number of ether oxygens (including phenoxy) is 1. The molecule has 0 saturated heterocycles. The van der Waals surface area contributed by atoms with Crippen molar-refractivity contribution < 1.29 is 14.6 Å². The number of aliphatic hydroxyl groups excluding tert-OH is 1. The first kappa shape index (κ1) is 11.9. The van der Waals surface area contributed by atoms with Crippen LogP contribution in [0.1, 0.15) is 32.6 Å². The highest BCUT2D eigenvalue weighted by Crippen LogP contribution is 2.33. The summed E-state index contributed by atoms with van der Waals surface area (Å²) in [5, 5.41) is 10.1. The Morgan fingerprint density at radius 3 is 2.86 bits per heavy atom. The van der Waals surface area contributed by atoms with E-state index in [9.17, 15) is 9.90 Å². The van der Waals surface area contributed by atoms with Crippen molar-refractivity contribution in [3.63, 3.8) is 0 Å². The molecule has 1 aliphatic carbocycles. The predicted molar refractivity (Wildman–Crippen MR) is 57.3 cm³/mol. The molecule has 0 aromatic rings. The van der Waals surface area contributed by atoms with Gasteiger partial charge >= 0.3 is 5.97 Å². The van der Waals surface area contributed by atoms with Crippen LogP contribution >= 0.6 is 11.8 Å². The van der Waals surface area contributed by atoms with Crippen LogP contribution in [0.5, 0.6) is 0 Å². The van der Waals surface area contributed by atoms with Crippen molar-refractivity contribution in [3.8, 4) is 0 Å². The number of rotatable bonds is 4. The van der Waals surface area contributed by atoms with E-state index in [1.165, 1.54) is 7.11 Å². The van der Waals surface area contributed by atoms with Crippen LogP contribution in [0, 0.1) is 0 Å². The van der Waals surface area contributed by atoms with Crippen LogP contribution in [0.4, 0.5) is 0 Å². The molecule has 0 aromatic heterocycles. The van der Waals surface area contributed by atoms with Gasteiger partial charge in [0.25, 0.3) is 0 Å². The number of thioether (sulfide) groups is 1. The van der Waals surface area contributed by atoms with Crippen molar-refractivity contribution in [2.75, 3.05) is 7.11 Å². The molecule has 1 rings (SSSR count). The number of carbonyl (C=O) groups excluding carboxylic acids is 1. The normalized spacial score (nSPS) is 28.8. The van der Waals surface area contributed by atoms with Crippen LogP contribution in [0.25, 0.3) is 0 Å². The van der Waals surface area contributed by atoms with Crippen molar-refractivity contribution in [1.82, 2.24) is 0 Å². The molecular weight excluding hydrogens is 200 g/mol. The molecule has 0 amide bonds. The number of esters is 1. The second-order valence-corrected chi connectivity index (χ2v) is 5.45. The SMILES string of the molecule is COC(=O)CC(C)SC1CCCC1O. The Morgan fingerprint density at radius 2 is 2.36 bits per heavy atom. The molecule has 0 bridgehead atoms. The van der Waals surface area contributed by atoms with Gasteiger partial charge in [-0.2, -0.15) is 11.8 Å². The van der Waals surface area contributed by atoms with E-state index in [0.717, 1.165) is 19.3 Å². The van der Waals surface area contributed by atoms with E-state index in [1.54, 1.807) is 11.8 Å². The molecule has 3 unspecified atom stereocenters. The highest BCUT2D eigenvalue weighted by molar-refractivity contribution is 8.00. The molecule has 1 N–H and O–H groups in total. The van der Waals surface area contributed by atoms with Gasteiger partial charge in [0.15, 0.2) is 0 Å². The Balaban J connectivity index is 2.25. The summed E-state index contributed by atoms with van der Waals surface area (Å²) < 4.78 is 4.60. The lowest BCUT2D eigenvalue weighted by Crippen LogP contribution is -2.19. The molecule has 0 heterocycles. The Kier molecular flexibility index (Phi) is 4.75. The zero-order valence-corrected chi connectivity index (χ0v) is 9.55. The first-order chi connectivity index (χ1) is 6.63. The molecule has 4 heteroatoms. The van der Waals surface area contributed by atoms with Gasteiger partial charge in [-0.15, -0.1) is 0 Å². The summed E-state index contributed by atoms with van der Waals surface area (Å²) in [5.41, 5.74) is 0. The minimum Gasteiger partial charge on any atom is -0.469 e. The van der Waals surface area contributed by atoms with Crippen molar-refractivity contribution in [3.05, 3.63) is 0 Å². The van der Waals surface area contributed by atoms with Gasteiger partial charge < -0.3 is 9.84 Å². The molecule has 82 valence electrons. The topological polar surface area (TPSA) is 46.5 Å². The number of aliphatic hydroxyl groups is 1. The second kappa shape index (κ2) is 5.61. The van der Waals surface area contributed by atoms with E-state index < -0.39 is 0 Å². The quantitative estimate of drug-likeness (QED) is 0.728. The lowest BCUT2D eigenvalue weighted by Gasteiger charge is -2.18. The van der Waals surface area contributed by atoms with Crippen molar-refractivity contribution in [1.29, 1.82) is 0 Å². The number of hydrogen-bond acceptors (Lipinski definition) is 4. The van der Waals surface area contributed by atoms with E-state index in [1.807, 2.05) is 6.92 Å². The van der Waals surface area contributed by atoms with Crippen molar-refractivity contribution in [2.24, 2.45) is 0 Å². The summed E-state index contributed by atoms with van der Waals surface area (Å²) in [5.74, 6) is -0.169. The molecule has 0 radical (unpaired) electrons. The summed E-state index contributed by atoms with van der Waals surface area (Å²) in [6.45, 7) is 2.01. The summed E-state index contributed by atoms with van der Waals surface area (Å²) in [6.07, 6.45) is 3.33. The van der Waals surface area contributed by atoms with Gasteiger partial charge in [0.1, 0.15) is 0 Å². The summed E-state index contributed by atoms with van der Waals surface area (Å²) in [4.78, 5) is 11.0. The molecule has 0 spiro atoms. The molecule has 3 atom stereocenters. The van der Waals surface area contributed by atoms with E-state index in [4.69, 9.17) is 0 Å². The maximum atomic E-state index is 11.0.